The van der Waals surface area contributed by atoms with Crippen molar-refractivity contribution < 1.29 is 9.21 Å². The molecule has 0 aromatic carbocycles. The summed E-state index contributed by atoms with van der Waals surface area (Å²) in [6, 6.07) is 7.75. The molecule has 4 atom stereocenters. The van der Waals surface area contributed by atoms with Crippen LogP contribution in [0.15, 0.2) is 33.4 Å². The van der Waals surface area contributed by atoms with Gasteiger partial charge in [-0.2, -0.15) is 10.4 Å². The number of aromatic nitrogens is 3. The summed E-state index contributed by atoms with van der Waals surface area (Å²) >= 11 is 3.66. The Morgan fingerprint density at radius 3 is 2.84 bits per heavy atom. The topological polar surface area (TPSA) is 112 Å². The third kappa shape index (κ3) is 4.11. The second kappa shape index (κ2) is 9.69. The molecule has 198 valence electrons. The van der Waals surface area contributed by atoms with Crippen LogP contribution >= 0.6 is 15.9 Å². The van der Waals surface area contributed by atoms with E-state index >= 15 is 0 Å². The van der Waals surface area contributed by atoms with Crippen LogP contribution in [0.3, 0.4) is 0 Å². The maximum Gasteiger partial charge on any atom is 0.225 e. The van der Waals surface area contributed by atoms with Crippen LogP contribution in [0.1, 0.15) is 75.3 Å². The van der Waals surface area contributed by atoms with Crippen molar-refractivity contribution in [1.29, 1.82) is 5.26 Å². The minimum absolute atomic E-state index is 0.0912. The molecular weight excluding hydrogens is 546 g/mol. The molecule has 6 heterocycles. The lowest BCUT2D eigenvalue weighted by atomic mass is 9.87. The van der Waals surface area contributed by atoms with Crippen molar-refractivity contribution in [1.82, 2.24) is 25.0 Å². The molecular formula is C28H32BrN7O2. The number of hydrogen-bond acceptors (Lipinski definition) is 7. The predicted molar refractivity (Wildman–Crippen MR) is 145 cm³/mol. The summed E-state index contributed by atoms with van der Waals surface area (Å²) in [7, 11) is 0. The van der Waals surface area contributed by atoms with Gasteiger partial charge in [0.25, 0.3) is 0 Å². The highest BCUT2D eigenvalue weighted by atomic mass is 79.9. The van der Waals surface area contributed by atoms with Gasteiger partial charge in [0.2, 0.25) is 11.7 Å². The van der Waals surface area contributed by atoms with Crippen LogP contribution < -0.4 is 10.6 Å². The molecule has 1 aliphatic carbocycles. The SMILES string of the molecule is N#Cc1cc2c(Br)c(NC3CCC(N4C5CCC4C(C(=O)N[C@@H]4CCCn6nccc64)C5)CC3)ncc2o1. The molecule has 3 aromatic rings. The van der Waals surface area contributed by atoms with Crippen molar-refractivity contribution in [2.75, 3.05) is 5.32 Å². The van der Waals surface area contributed by atoms with Crippen LogP contribution in [-0.4, -0.2) is 49.7 Å². The van der Waals surface area contributed by atoms with E-state index in [0.717, 1.165) is 79.3 Å². The van der Waals surface area contributed by atoms with Crippen molar-refractivity contribution in [2.45, 2.75) is 94.5 Å². The number of carbonyl (C=O) groups is 1. The van der Waals surface area contributed by atoms with E-state index in [0.29, 0.717) is 29.8 Å². The molecule has 2 bridgehead atoms. The number of nitrogens with zero attached hydrogens (tertiary/aromatic N) is 5. The van der Waals surface area contributed by atoms with Crippen molar-refractivity contribution in [3.8, 4) is 6.07 Å². The van der Waals surface area contributed by atoms with Gasteiger partial charge in [-0.25, -0.2) is 4.98 Å². The largest absolute Gasteiger partial charge is 0.444 e. The lowest BCUT2D eigenvalue weighted by Crippen LogP contribution is -2.46. The second-order valence-corrected chi connectivity index (χ2v) is 12.1. The quantitative estimate of drug-likeness (QED) is 0.444. The summed E-state index contributed by atoms with van der Waals surface area (Å²) in [6.07, 6.45) is 13.3. The average Bonchev–Trinajstić information content (AvgIpc) is 3.73. The molecule has 38 heavy (non-hydrogen) atoms. The summed E-state index contributed by atoms with van der Waals surface area (Å²) in [5.41, 5.74) is 1.76. The van der Waals surface area contributed by atoms with E-state index in [1.165, 1.54) is 6.42 Å². The Morgan fingerprint density at radius 1 is 1.16 bits per heavy atom. The number of halogens is 1. The molecule has 0 radical (unpaired) electrons. The van der Waals surface area contributed by atoms with Gasteiger partial charge in [0.15, 0.2) is 5.58 Å². The molecule has 7 rings (SSSR count). The van der Waals surface area contributed by atoms with E-state index < -0.39 is 0 Å². The molecule has 3 aliphatic heterocycles. The van der Waals surface area contributed by atoms with Gasteiger partial charge in [-0.05, 0) is 79.8 Å². The van der Waals surface area contributed by atoms with Crippen LogP contribution in [0.2, 0.25) is 0 Å². The first-order valence-electron chi connectivity index (χ1n) is 13.9. The number of fused-ring (bicyclic) bond motifs is 4. The number of furan rings is 1. The van der Waals surface area contributed by atoms with Gasteiger partial charge >= 0.3 is 0 Å². The van der Waals surface area contributed by atoms with E-state index in [1.54, 1.807) is 12.3 Å². The predicted octanol–water partition coefficient (Wildman–Crippen LogP) is 4.89. The van der Waals surface area contributed by atoms with Crippen molar-refractivity contribution in [3.63, 3.8) is 0 Å². The van der Waals surface area contributed by atoms with Gasteiger partial charge < -0.3 is 15.1 Å². The highest BCUT2D eigenvalue weighted by Crippen LogP contribution is 2.46. The molecule has 3 aromatic heterocycles. The van der Waals surface area contributed by atoms with Crippen molar-refractivity contribution in [3.05, 3.63) is 40.5 Å². The van der Waals surface area contributed by atoms with Crippen LogP contribution in [0.25, 0.3) is 11.0 Å². The monoisotopic (exact) mass is 577 g/mol. The Hall–Kier alpha value is -2.90. The highest BCUT2D eigenvalue weighted by molar-refractivity contribution is 9.10. The fraction of sp³-hybridized carbons (Fsp3) is 0.571. The Balaban J connectivity index is 0.973. The second-order valence-electron chi connectivity index (χ2n) is 11.3. The Kier molecular flexibility index (Phi) is 6.16. The Morgan fingerprint density at radius 2 is 2.00 bits per heavy atom. The number of aryl methyl sites for hydroxylation is 1. The standard InChI is InChI=1S/C28H32BrN7O2/c29-26-21-13-19(14-30)38-25(21)15-31-27(26)33-16-3-5-17(6-4-16)36-18-7-8-23(36)20(12-18)28(37)34-22-2-1-11-35-24(22)9-10-32-35/h9-10,13,15-18,20,22-23H,1-8,11-12H2,(H,31,33)(H,34,37)/t16?,17?,18?,20?,22-,23?/m1/s1. The molecule has 2 saturated heterocycles. The molecule has 3 fully saturated rings. The highest BCUT2D eigenvalue weighted by Gasteiger charge is 2.51. The van der Waals surface area contributed by atoms with Crippen molar-refractivity contribution in [2.24, 2.45) is 5.92 Å². The Bertz CT molecular complexity index is 1400. The minimum Gasteiger partial charge on any atom is -0.444 e. The number of hydrogen-bond donors (Lipinski definition) is 2. The number of nitriles is 1. The van der Waals surface area contributed by atoms with Crippen LogP contribution in [-0.2, 0) is 11.3 Å². The van der Waals surface area contributed by atoms with Gasteiger partial charge in [0, 0.05) is 48.4 Å². The van der Waals surface area contributed by atoms with E-state index in [4.69, 9.17) is 9.68 Å². The van der Waals surface area contributed by atoms with Gasteiger partial charge in [-0.15, -0.1) is 0 Å². The molecule has 1 amide bonds. The summed E-state index contributed by atoms with van der Waals surface area (Å²) in [5.74, 6) is 1.43. The molecule has 4 aliphatic rings. The lowest BCUT2D eigenvalue weighted by Gasteiger charge is -2.38. The first kappa shape index (κ1) is 24.2. The average molecular weight is 579 g/mol. The number of pyridine rings is 1. The summed E-state index contributed by atoms with van der Waals surface area (Å²) in [5, 5.41) is 21.4. The Labute approximate surface area is 230 Å². The smallest absolute Gasteiger partial charge is 0.225 e. The molecule has 10 heteroatoms. The minimum atomic E-state index is 0.0912. The summed E-state index contributed by atoms with van der Waals surface area (Å²) in [6.45, 7) is 0.946. The summed E-state index contributed by atoms with van der Waals surface area (Å²) in [4.78, 5) is 20.7. The van der Waals surface area contributed by atoms with E-state index in [9.17, 15) is 4.79 Å². The molecule has 0 spiro atoms. The fourth-order valence-corrected chi connectivity index (χ4v) is 8.10. The third-order valence-corrected chi connectivity index (χ3v) is 10.1. The zero-order valence-corrected chi connectivity index (χ0v) is 22.9. The maximum absolute atomic E-state index is 13.5. The maximum atomic E-state index is 13.5. The number of nitrogens with one attached hydrogen (secondary N) is 2. The van der Waals surface area contributed by atoms with Crippen LogP contribution in [0.5, 0.6) is 0 Å². The van der Waals surface area contributed by atoms with Gasteiger partial charge in [0.1, 0.15) is 11.9 Å². The van der Waals surface area contributed by atoms with Gasteiger partial charge in [0.05, 0.1) is 28.3 Å². The molecule has 2 N–H and O–H groups in total. The number of rotatable bonds is 5. The van der Waals surface area contributed by atoms with E-state index in [1.807, 2.05) is 10.9 Å². The molecule has 3 unspecified atom stereocenters. The third-order valence-electron chi connectivity index (χ3n) is 9.30. The van der Waals surface area contributed by atoms with E-state index in [2.05, 4.69) is 53.7 Å². The summed E-state index contributed by atoms with van der Waals surface area (Å²) < 4.78 is 8.38. The van der Waals surface area contributed by atoms with Gasteiger partial charge in [-0.3, -0.25) is 14.4 Å². The fourth-order valence-electron chi connectivity index (χ4n) is 7.57. The van der Waals surface area contributed by atoms with Gasteiger partial charge in [-0.1, -0.05) is 0 Å². The zero-order valence-electron chi connectivity index (χ0n) is 21.3. The zero-order chi connectivity index (χ0) is 25.8. The van der Waals surface area contributed by atoms with Crippen LogP contribution in [0.4, 0.5) is 5.82 Å². The number of anilines is 1. The lowest BCUT2D eigenvalue weighted by molar-refractivity contribution is -0.127. The van der Waals surface area contributed by atoms with Crippen LogP contribution in [0, 0.1) is 17.2 Å². The number of amides is 1. The molecule has 9 nitrogen and oxygen atoms in total. The normalized spacial score (nSPS) is 30.7. The number of carbonyl (C=O) groups excluding carboxylic acids is 1. The van der Waals surface area contributed by atoms with Crippen molar-refractivity contribution >= 4 is 38.6 Å². The molecule has 1 saturated carbocycles. The first-order valence-corrected chi connectivity index (χ1v) is 14.7. The first-order chi connectivity index (χ1) is 18.6. The van der Waals surface area contributed by atoms with E-state index in [-0.39, 0.29) is 23.6 Å².